The monoisotopic (exact) mass is 364 g/mol. The van der Waals surface area contributed by atoms with Gasteiger partial charge in [-0.2, -0.15) is 0 Å². The topological polar surface area (TPSA) is 67.4 Å². The number of carbonyl (C=O) groups is 2. The average molecular weight is 365 g/mol. The number of rotatable bonds is 3. The molecular weight excluding hydrogens is 328 g/mol. The largest absolute Gasteiger partial charge is 0.444 e. The Morgan fingerprint density at radius 3 is 1.81 bits per heavy atom. The van der Waals surface area contributed by atoms with Crippen molar-refractivity contribution in [2.24, 2.45) is 29.1 Å². The Kier molecular flexibility index (Phi) is 5.04. The Bertz CT molecular complexity index is 531. The third-order valence-corrected chi connectivity index (χ3v) is 6.32. The van der Waals surface area contributed by atoms with Gasteiger partial charge in [-0.15, -0.1) is 0 Å². The first kappa shape index (κ1) is 19.5. The lowest BCUT2D eigenvalue weighted by Gasteiger charge is -2.54. The summed E-state index contributed by atoms with van der Waals surface area (Å²) in [5.41, 5.74) is -0.961. The first-order valence-electron chi connectivity index (χ1n) is 10.2. The van der Waals surface area contributed by atoms with Crippen LogP contribution in [0.5, 0.6) is 0 Å². The number of amides is 2. The average Bonchev–Trinajstić information content (AvgIpc) is 2.44. The highest BCUT2D eigenvalue weighted by Crippen LogP contribution is 2.53. The zero-order chi connectivity index (χ0) is 19.3. The summed E-state index contributed by atoms with van der Waals surface area (Å²) < 4.78 is 5.37. The van der Waals surface area contributed by atoms with Gasteiger partial charge in [0.25, 0.3) is 0 Å². The first-order valence-corrected chi connectivity index (χ1v) is 10.2. The van der Waals surface area contributed by atoms with E-state index in [1.807, 2.05) is 41.5 Å². The minimum Gasteiger partial charge on any atom is -0.444 e. The van der Waals surface area contributed by atoms with Crippen molar-refractivity contribution < 1.29 is 14.3 Å². The molecule has 0 radical (unpaired) electrons. The van der Waals surface area contributed by atoms with E-state index in [1.54, 1.807) is 0 Å². The Hall–Kier alpha value is -1.26. The second kappa shape index (κ2) is 6.72. The van der Waals surface area contributed by atoms with Crippen LogP contribution in [0.4, 0.5) is 4.79 Å². The summed E-state index contributed by atoms with van der Waals surface area (Å²) in [6, 6.07) is -0.324. The summed E-state index contributed by atoms with van der Waals surface area (Å²) >= 11 is 0. The molecule has 4 fully saturated rings. The molecule has 0 aliphatic heterocycles. The van der Waals surface area contributed by atoms with Gasteiger partial charge in [-0.25, -0.2) is 4.79 Å². The Labute approximate surface area is 158 Å². The smallest absolute Gasteiger partial charge is 0.408 e. The van der Waals surface area contributed by atoms with Gasteiger partial charge >= 0.3 is 6.09 Å². The van der Waals surface area contributed by atoms with Gasteiger partial charge < -0.3 is 15.4 Å². The van der Waals surface area contributed by atoms with Gasteiger partial charge in [-0.05, 0) is 82.0 Å². The van der Waals surface area contributed by atoms with Gasteiger partial charge in [-0.3, -0.25) is 4.79 Å². The summed E-state index contributed by atoms with van der Waals surface area (Å²) in [5, 5.41) is 6.14. The van der Waals surface area contributed by atoms with Crippen LogP contribution in [0.2, 0.25) is 0 Å². The number of alkyl carbamates (subject to hydrolysis) is 1. The zero-order valence-corrected chi connectivity index (χ0v) is 17.2. The van der Waals surface area contributed by atoms with Crippen LogP contribution >= 0.6 is 0 Å². The van der Waals surface area contributed by atoms with E-state index in [0.29, 0.717) is 11.8 Å². The molecule has 0 heterocycles. The maximum atomic E-state index is 13.1. The highest BCUT2D eigenvalue weighted by Gasteiger charge is 2.49. The van der Waals surface area contributed by atoms with Crippen LogP contribution in [0.3, 0.4) is 0 Å². The zero-order valence-electron chi connectivity index (χ0n) is 17.2. The van der Waals surface area contributed by atoms with E-state index in [0.717, 1.165) is 11.8 Å². The first-order chi connectivity index (χ1) is 11.9. The van der Waals surface area contributed by atoms with Gasteiger partial charge in [-0.1, -0.05) is 20.8 Å². The van der Waals surface area contributed by atoms with E-state index in [4.69, 9.17) is 4.74 Å². The summed E-state index contributed by atoms with van der Waals surface area (Å²) in [4.78, 5) is 25.3. The predicted octanol–water partition coefficient (Wildman–Crippen LogP) is 3.87. The van der Waals surface area contributed by atoms with Crippen LogP contribution in [0.15, 0.2) is 0 Å². The molecule has 1 atom stereocenters. The molecule has 0 aromatic rings. The molecule has 4 aliphatic carbocycles. The molecule has 2 amide bonds. The standard InChI is InChI=1S/C21H36N2O3/c1-20(2,3)17(23-19(25)26-21(4,5)6)18(24)22-16-14-8-12-7-13(10-14)11-15(16)9-12/h12-17H,7-11H2,1-6H3,(H,22,24)(H,23,25)/t12?,13?,14?,15?,16?,17-/m1/s1. The molecule has 0 saturated heterocycles. The van der Waals surface area contributed by atoms with Crippen LogP contribution in [0, 0.1) is 29.1 Å². The molecule has 0 aromatic heterocycles. The van der Waals surface area contributed by atoms with E-state index >= 15 is 0 Å². The van der Waals surface area contributed by atoms with Crippen molar-refractivity contribution >= 4 is 12.0 Å². The Morgan fingerprint density at radius 2 is 1.38 bits per heavy atom. The van der Waals surface area contributed by atoms with Crippen LogP contribution in [0.1, 0.15) is 73.6 Å². The van der Waals surface area contributed by atoms with Gasteiger partial charge in [0.05, 0.1) is 0 Å². The van der Waals surface area contributed by atoms with Crippen LogP contribution < -0.4 is 10.6 Å². The quantitative estimate of drug-likeness (QED) is 0.799. The molecule has 4 aliphatic rings. The van der Waals surface area contributed by atoms with Crippen LogP contribution in [0.25, 0.3) is 0 Å². The highest BCUT2D eigenvalue weighted by molar-refractivity contribution is 5.86. The number of ether oxygens (including phenoxy) is 1. The number of hydrogen-bond acceptors (Lipinski definition) is 3. The minimum atomic E-state index is -0.602. The fraction of sp³-hybridized carbons (Fsp3) is 0.905. The van der Waals surface area contributed by atoms with Crippen LogP contribution in [-0.4, -0.2) is 29.7 Å². The van der Waals surface area contributed by atoms with Gasteiger partial charge in [0.1, 0.15) is 11.6 Å². The van der Waals surface area contributed by atoms with Crippen molar-refractivity contribution in [1.29, 1.82) is 0 Å². The van der Waals surface area contributed by atoms with E-state index in [-0.39, 0.29) is 17.4 Å². The molecule has 2 N–H and O–H groups in total. The maximum absolute atomic E-state index is 13.1. The summed E-state index contributed by atoms with van der Waals surface area (Å²) in [5.74, 6) is 2.93. The van der Waals surface area contributed by atoms with Crippen molar-refractivity contribution in [3.05, 3.63) is 0 Å². The van der Waals surface area contributed by atoms with Crippen molar-refractivity contribution in [3.63, 3.8) is 0 Å². The van der Waals surface area contributed by atoms with Crippen LogP contribution in [-0.2, 0) is 9.53 Å². The SMILES string of the molecule is CC(C)(C)OC(=O)N[C@H](C(=O)NC1C2CC3CC(C2)CC1C3)C(C)(C)C. The molecule has 4 bridgehead atoms. The van der Waals surface area contributed by atoms with Crippen molar-refractivity contribution in [3.8, 4) is 0 Å². The fourth-order valence-corrected chi connectivity index (χ4v) is 5.51. The van der Waals surface area contributed by atoms with E-state index in [2.05, 4.69) is 10.6 Å². The molecule has 0 unspecified atom stereocenters. The normalized spacial score (nSPS) is 34.3. The van der Waals surface area contributed by atoms with Crippen molar-refractivity contribution in [1.82, 2.24) is 10.6 Å². The molecule has 4 rings (SSSR count). The number of hydrogen-bond donors (Lipinski definition) is 2. The van der Waals surface area contributed by atoms with Gasteiger partial charge in [0.2, 0.25) is 5.91 Å². The van der Waals surface area contributed by atoms with E-state index < -0.39 is 17.7 Å². The van der Waals surface area contributed by atoms with Crippen molar-refractivity contribution in [2.45, 2.75) is 91.3 Å². The fourth-order valence-electron chi connectivity index (χ4n) is 5.51. The van der Waals surface area contributed by atoms with E-state index in [9.17, 15) is 9.59 Å². The molecule has 0 spiro atoms. The molecule has 26 heavy (non-hydrogen) atoms. The lowest BCUT2D eigenvalue weighted by atomic mass is 9.54. The number of nitrogens with one attached hydrogen (secondary N) is 2. The second-order valence-corrected chi connectivity index (χ2v) is 10.9. The molecule has 5 nitrogen and oxygen atoms in total. The molecule has 0 aromatic carbocycles. The van der Waals surface area contributed by atoms with E-state index in [1.165, 1.54) is 32.1 Å². The maximum Gasteiger partial charge on any atom is 0.408 e. The molecule has 5 heteroatoms. The van der Waals surface area contributed by atoms with Gasteiger partial charge in [0.15, 0.2) is 0 Å². The number of carbonyl (C=O) groups excluding carboxylic acids is 2. The second-order valence-electron chi connectivity index (χ2n) is 10.9. The third kappa shape index (κ3) is 4.34. The summed E-state index contributed by atoms with van der Waals surface area (Å²) in [7, 11) is 0. The lowest BCUT2D eigenvalue weighted by molar-refractivity contribution is -0.129. The third-order valence-electron chi connectivity index (χ3n) is 6.32. The highest BCUT2D eigenvalue weighted by atomic mass is 16.6. The summed E-state index contributed by atoms with van der Waals surface area (Å²) in [6.07, 6.45) is 5.92. The van der Waals surface area contributed by atoms with Crippen molar-refractivity contribution in [2.75, 3.05) is 0 Å². The molecule has 148 valence electrons. The Morgan fingerprint density at radius 1 is 0.885 bits per heavy atom. The lowest BCUT2D eigenvalue weighted by Crippen LogP contribution is -2.61. The predicted molar refractivity (Wildman–Crippen MR) is 102 cm³/mol. The molecular formula is C21H36N2O3. The van der Waals surface area contributed by atoms with Gasteiger partial charge in [0, 0.05) is 6.04 Å². The summed E-state index contributed by atoms with van der Waals surface area (Å²) in [6.45, 7) is 11.4. The Balaban J connectivity index is 1.65. The molecule has 4 saturated carbocycles. The minimum absolute atomic E-state index is 0.0687.